The summed E-state index contributed by atoms with van der Waals surface area (Å²) in [5, 5.41) is 9.49. The SMILES string of the molecule is CCCC(=O)[O-].COC. The van der Waals surface area contributed by atoms with Gasteiger partial charge in [0.1, 0.15) is 0 Å². The number of carboxylic acids is 1. The van der Waals surface area contributed by atoms with E-state index in [1.54, 1.807) is 21.1 Å². The summed E-state index contributed by atoms with van der Waals surface area (Å²) < 4.78 is 4.25. The molecule has 0 spiro atoms. The number of ether oxygens (including phenoxy) is 1. The molecule has 0 fully saturated rings. The second-order valence-electron chi connectivity index (χ2n) is 1.53. The summed E-state index contributed by atoms with van der Waals surface area (Å²) in [5.74, 6) is -0.961. The second-order valence-corrected chi connectivity index (χ2v) is 1.53. The van der Waals surface area contributed by atoms with E-state index in [4.69, 9.17) is 0 Å². The zero-order valence-corrected chi connectivity index (χ0v) is 6.14. The Balaban J connectivity index is 0. The van der Waals surface area contributed by atoms with E-state index in [1.165, 1.54) is 0 Å². The molecular weight excluding hydrogens is 120 g/mol. The van der Waals surface area contributed by atoms with Gasteiger partial charge in [0.2, 0.25) is 0 Å². The Morgan fingerprint density at radius 1 is 1.56 bits per heavy atom. The molecule has 0 heterocycles. The van der Waals surface area contributed by atoms with Crippen LogP contribution in [0.5, 0.6) is 0 Å². The van der Waals surface area contributed by atoms with Crippen molar-refractivity contribution in [3.8, 4) is 0 Å². The maximum absolute atomic E-state index is 9.49. The quantitative estimate of drug-likeness (QED) is 0.524. The highest BCUT2D eigenvalue weighted by atomic mass is 16.4. The van der Waals surface area contributed by atoms with Crippen LogP contribution in [0, 0.1) is 0 Å². The molecular formula is C6H13O3-. The standard InChI is InChI=1S/C4H8O2.C2H6O/c1-2-3-4(5)6;1-3-2/h2-3H2,1H3,(H,5,6);1-2H3/p-1. The van der Waals surface area contributed by atoms with Crippen LogP contribution in [-0.4, -0.2) is 20.2 Å². The Labute approximate surface area is 55.6 Å². The van der Waals surface area contributed by atoms with E-state index in [0.29, 0.717) is 6.42 Å². The van der Waals surface area contributed by atoms with Crippen molar-refractivity contribution in [2.45, 2.75) is 19.8 Å². The molecule has 0 radical (unpaired) electrons. The van der Waals surface area contributed by atoms with Gasteiger partial charge in [-0.2, -0.15) is 0 Å². The van der Waals surface area contributed by atoms with Crippen molar-refractivity contribution in [2.24, 2.45) is 0 Å². The number of carbonyl (C=O) groups excluding carboxylic acids is 1. The molecule has 56 valence electrons. The van der Waals surface area contributed by atoms with Crippen LogP contribution in [0.4, 0.5) is 0 Å². The van der Waals surface area contributed by atoms with Crippen LogP contribution in [-0.2, 0) is 9.53 Å². The van der Waals surface area contributed by atoms with Crippen LogP contribution in [0.15, 0.2) is 0 Å². The largest absolute Gasteiger partial charge is 0.550 e. The average molecular weight is 133 g/mol. The first-order valence-electron chi connectivity index (χ1n) is 2.79. The smallest absolute Gasteiger partial charge is 0.0414 e. The Kier molecular flexibility index (Phi) is 13.0. The summed E-state index contributed by atoms with van der Waals surface area (Å²) in [7, 11) is 3.25. The van der Waals surface area contributed by atoms with Gasteiger partial charge in [-0.05, 0) is 6.42 Å². The summed E-state index contributed by atoms with van der Waals surface area (Å²) in [6.07, 6.45) is 0.850. The summed E-state index contributed by atoms with van der Waals surface area (Å²) in [4.78, 5) is 9.49. The highest BCUT2D eigenvalue weighted by Gasteiger charge is 1.75. The summed E-state index contributed by atoms with van der Waals surface area (Å²) in [6.45, 7) is 1.80. The van der Waals surface area contributed by atoms with Gasteiger partial charge in [0.25, 0.3) is 0 Å². The van der Waals surface area contributed by atoms with E-state index in [1.807, 2.05) is 0 Å². The van der Waals surface area contributed by atoms with Gasteiger partial charge >= 0.3 is 0 Å². The topological polar surface area (TPSA) is 49.4 Å². The van der Waals surface area contributed by atoms with Gasteiger partial charge in [0.05, 0.1) is 0 Å². The molecule has 0 aromatic rings. The minimum Gasteiger partial charge on any atom is -0.550 e. The zero-order valence-electron chi connectivity index (χ0n) is 6.14. The van der Waals surface area contributed by atoms with Gasteiger partial charge in [0, 0.05) is 20.2 Å². The lowest BCUT2D eigenvalue weighted by Gasteiger charge is -1.92. The zero-order chi connectivity index (χ0) is 7.70. The van der Waals surface area contributed by atoms with E-state index >= 15 is 0 Å². The van der Waals surface area contributed by atoms with Crippen LogP contribution in [0.2, 0.25) is 0 Å². The fraction of sp³-hybridized carbons (Fsp3) is 0.833. The Bertz CT molecular complexity index is 61.3. The van der Waals surface area contributed by atoms with Gasteiger partial charge in [-0.25, -0.2) is 0 Å². The molecule has 0 saturated carbocycles. The predicted molar refractivity (Wildman–Crippen MR) is 32.8 cm³/mol. The van der Waals surface area contributed by atoms with Crippen molar-refractivity contribution in [3.63, 3.8) is 0 Å². The monoisotopic (exact) mass is 133 g/mol. The first-order valence-corrected chi connectivity index (χ1v) is 2.79. The van der Waals surface area contributed by atoms with Crippen molar-refractivity contribution in [1.29, 1.82) is 0 Å². The van der Waals surface area contributed by atoms with Crippen LogP contribution in [0.1, 0.15) is 19.8 Å². The fourth-order valence-corrected chi connectivity index (χ4v) is 0.204. The fourth-order valence-electron chi connectivity index (χ4n) is 0.204. The molecule has 0 N–H and O–H groups in total. The molecule has 0 unspecified atom stereocenters. The lowest BCUT2D eigenvalue weighted by atomic mass is 10.4. The third kappa shape index (κ3) is 37.1. The summed E-state index contributed by atoms with van der Waals surface area (Å²) >= 11 is 0. The van der Waals surface area contributed by atoms with E-state index < -0.39 is 5.97 Å². The number of hydrogen-bond acceptors (Lipinski definition) is 3. The van der Waals surface area contributed by atoms with Crippen LogP contribution < -0.4 is 5.11 Å². The second kappa shape index (κ2) is 10.4. The Hall–Kier alpha value is -0.570. The Morgan fingerprint density at radius 2 is 1.89 bits per heavy atom. The highest BCUT2D eigenvalue weighted by Crippen LogP contribution is 1.79. The molecule has 0 atom stereocenters. The first-order chi connectivity index (χ1) is 4.18. The first kappa shape index (κ1) is 11.3. The molecule has 0 aromatic carbocycles. The number of carbonyl (C=O) groups is 1. The number of rotatable bonds is 2. The van der Waals surface area contributed by atoms with E-state index in [-0.39, 0.29) is 6.42 Å². The van der Waals surface area contributed by atoms with Crippen LogP contribution >= 0.6 is 0 Å². The minimum atomic E-state index is -0.961. The third-order valence-corrected chi connectivity index (χ3v) is 0.454. The maximum atomic E-state index is 9.49. The number of aliphatic carboxylic acids is 1. The molecule has 3 heteroatoms. The molecule has 9 heavy (non-hydrogen) atoms. The third-order valence-electron chi connectivity index (χ3n) is 0.454. The lowest BCUT2D eigenvalue weighted by Crippen LogP contribution is -2.20. The molecule has 0 rings (SSSR count). The molecule has 0 amide bonds. The van der Waals surface area contributed by atoms with Gasteiger partial charge in [-0.3, -0.25) is 0 Å². The van der Waals surface area contributed by atoms with Gasteiger partial charge < -0.3 is 14.6 Å². The molecule has 0 aliphatic heterocycles. The maximum Gasteiger partial charge on any atom is 0.0414 e. The molecule has 0 aromatic heterocycles. The molecule has 3 nitrogen and oxygen atoms in total. The van der Waals surface area contributed by atoms with Crippen LogP contribution in [0.3, 0.4) is 0 Å². The van der Waals surface area contributed by atoms with Crippen LogP contribution in [0.25, 0.3) is 0 Å². The number of hydrogen-bond donors (Lipinski definition) is 0. The lowest BCUT2D eigenvalue weighted by molar-refractivity contribution is -0.305. The van der Waals surface area contributed by atoms with Crippen molar-refractivity contribution in [3.05, 3.63) is 0 Å². The molecule has 0 aliphatic carbocycles. The minimum absolute atomic E-state index is 0.181. The van der Waals surface area contributed by atoms with E-state index in [2.05, 4.69) is 4.74 Å². The number of methoxy groups -OCH3 is 1. The molecule has 0 aliphatic rings. The molecule has 0 bridgehead atoms. The normalized spacial score (nSPS) is 7.44. The van der Waals surface area contributed by atoms with Gasteiger partial charge in [-0.1, -0.05) is 13.3 Å². The van der Waals surface area contributed by atoms with Gasteiger partial charge in [0.15, 0.2) is 0 Å². The predicted octanol–water partition coefficient (Wildman–Crippen LogP) is -0.201. The number of carboxylic acid groups (broad SMARTS) is 1. The highest BCUT2D eigenvalue weighted by molar-refractivity contribution is 5.63. The van der Waals surface area contributed by atoms with E-state index in [0.717, 1.165) is 0 Å². The van der Waals surface area contributed by atoms with Crippen molar-refractivity contribution >= 4 is 5.97 Å². The van der Waals surface area contributed by atoms with Crippen molar-refractivity contribution in [1.82, 2.24) is 0 Å². The Morgan fingerprint density at radius 3 is 1.89 bits per heavy atom. The van der Waals surface area contributed by atoms with Crippen molar-refractivity contribution in [2.75, 3.05) is 14.2 Å². The summed E-state index contributed by atoms with van der Waals surface area (Å²) in [6, 6.07) is 0. The average Bonchev–Trinajstić information content (AvgIpc) is 1.67. The summed E-state index contributed by atoms with van der Waals surface area (Å²) in [5.41, 5.74) is 0. The molecule has 0 saturated heterocycles. The van der Waals surface area contributed by atoms with E-state index in [9.17, 15) is 9.90 Å². The van der Waals surface area contributed by atoms with Crippen molar-refractivity contribution < 1.29 is 14.6 Å². The van der Waals surface area contributed by atoms with Gasteiger partial charge in [-0.15, -0.1) is 0 Å².